The number of aromatic nitrogens is 2. The summed E-state index contributed by atoms with van der Waals surface area (Å²) in [7, 11) is 0. The molecule has 1 atom stereocenters. The van der Waals surface area contributed by atoms with Gasteiger partial charge in [0, 0.05) is 32.7 Å². The molecule has 3 rings (SSSR count). The monoisotopic (exact) mass is 408 g/mol. The predicted octanol–water partition coefficient (Wildman–Crippen LogP) is 3.00. The maximum atomic E-state index is 13.3. The van der Waals surface area contributed by atoms with E-state index in [0.29, 0.717) is 19.6 Å². The molecule has 134 valence electrons. The lowest BCUT2D eigenvalue weighted by Gasteiger charge is -2.36. The molecule has 2 aromatic rings. The van der Waals surface area contributed by atoms with E-state index in [0.717, 1.165) is 28.8 Å². The summed E-state index contributed by atoms with van der Waals surface area (Å²) in [5, 5.41) is 4.29. The maximum absolute atomic E-state index is 13.3. The third kappa shape index (κ3) is 4.10. The van der Waals surface area contributed by atoms with Gasteiger partial charge in [-0.2, -0.15) is 5.10 Å². The van der Waals surface area contributed by atoms with Gasteiger partial charge in [0.15, 0.2) is 0 Å². The fourth-order valence-corrected chi connectivity index (χ4v) is 3.45. The Morgan fingerprint density at radius 1 is 1.32 bits per heavy atom. The van der Waals surface area contributed by atoms with Gasteiger partial charge in [0.25, 0.3) is 0 Å². The van der Waals surface area contributed by atoms with Gasteiger partial charge in [-0.15, -0.1) is 0 Å². The van der Waals surface area contributed by atoms with E-state index in [-0.39, 0.29) is 17.8 Å². The zero-order valence-electron chi connectivity index (χ0n) is 14.5. The molecule has 7 heteroatoms. The summed E-state index contributed by atoms with van der Waals surface area (Å²) in [6.07, 6.45) is 1.72. The Morgan fingerprint density at radius 2 is 2.04 bits per heavy atom. The topological polar surface area (TPSA) is 41.4 Å². The van der Waals surface area contributed by atoms with Crippen molar-refractivity contribution < 1.29 is 9.18 Å². The molecule has 1 aromatic carbocycles. The second kappa shape index (κ2) is 7.66. The fraction of sp³-hybridized carbons (Fsp3) is 0.444. The van der Waals surface area contributed by atoms with Crippen molar-refractivity contribution in [2.45, 2.75) is 26.4 Å². The van der Waals surface area contributed by atoms with Gasteiger partial charge in [-0.25, -0.2) is 4.39 Å². The van der Waals surface area contributed by atoms with Gasteiger partial charge < -0.3 is 4.90 Å². The SMILES string of the molecule is Cc1c(Br)cnn1C(C)C(=O)N1CCN(Cc2cccc(F)c2)CC1. The predicted molar refractivity (Wildman–Crippen MR) is 97.6 cm³/mol. The Hall–Kier alpha value is -1.73. The van der Waals surface area contributed by atoms with Gasteiger partial charge in [0.05, 0.1) is 16.4 Å². The number of halogens is 2. The smallest absolute Gasteiger partial charge is 0.247 e. The normalized spacial score (nSPS) is 16.9. The highest BCUT2D eigenvalue weighted by atomic mass is 79.9. The van der Waals surface area contributed by atoms with Crippen LogP contribution in [0.15, 0.2) is 34.9 Å². The molecule has 25 heavy (non-hydrogen) atoms. The van der Waals surface area contributed by atoms with E-state index in [2.05, 4.69) is 25.9 Å². The highest BCUT2D eigenvalue weighted by Gasteiger charge is 2.27. The lowest BCUT2D eigenvalue weighted by molar-refractivity contribution is -0.136. The minimum Gasteiger partial charge on any atom is -0.338 e. The molecule has 5 nitrogen and oxygen atoms in total. The minimum atomic E-state index is -0.318. The first kappa shape index (κ1) is 18.1. The molecule has 1 amide bonds. The van der Waals surface area contributed by atoms with E-state index in [4.69, 9.17) is 0 Å². The van der Waals surface area contributed by atoms with Gasteiger partial charge in [-0.3, -0.25) is 14.4 Å². The Bertz CT molecular complexity index is 755. The largest absolute Gasteiger partial charge is 0.338 e. The number of carbonyl (C=O) groups excluding carboxylic acids is 1. The van der Waals surface area contributed by atoms with Crippen molar-refractivity contribution in [1.29, 1.82) is 0 Å². The molecule has 2 heterocycles. The van der Waals surface area contributed by atoms with Crippen LogP contribution in [-0.4, -0.2) is 51.7 Å². The average Bonchev–Trinajstić information content (AvgIpc) is 2.93. The van der Waals surface area contributed by atoms with Crippen LogP contribution in [-0.2, 0) is 11.3 Å². The van der Waals surface area contributed by atoms with Gasteiger partial charge in [-0.1, -0.05) is 12.1 Å². The number of benzene rings is 1. The molecule has 0 bridgehead atoms. The van der Waals surface area contributed by atoms with E-state index in [1.54, 1.807) is 23.0 Å². The van der Waals surface area contributed by atoms with Crippen molar-refractivity contribution in [3.05, 3.63) is 52.0 Å². The van der Waals surface area contributed by atoms with Crippen molar-refractivity contribution in [1.82, 2.24) is 19.6 Å². The molecule has 0 N–H and O–H groups in total. The number of carbonyl (C=O) groups is 1. The highest BCUT2D eigenvalue weighted by molar-refractivity contribution is 9.10. The van der Waals surface area contributed by atoms with Crippen LogP contribution < -0.4 is 0 Å². The van der Waals surface area contributed by atoms with E-state index < -0.39 is 0 Å². The van der Waals surface area contributed by atoms with Crippen molar-refractivity contribution in [2.75, 3.05) is 26.2 Å². The first-order valence-corrected chi connectivity index (χ1v) is 9.20. The van der Waals surface area contributed by atoms with Crippen LogP contribution in [0.2, 0.25) is 0 Å². The number of hydrogen-bond donors (Lipinski definition) is 0. The molecule has 1 saturated heterocycles. The van der Waals surface area contributed by atoms with Gasteiger partial charge in [0.2, 0.25) is 5.91 Å². The van der Waals surface area contributed by atoms with Crippen LogP contribution in [0.3, 0.4) is 0 Å². The molecule has 1 aliphatic rings. The third-order valence-electron chi connectivity index (χ3n) is 4.69. The first-order chi connectivity index (χ1) is 12.0. The number of nitrogens with zero attached hydrogens (tertiary/aromatic N) is 4. The van der Waals surface area contributed by atoms with Crippen LogP contribution in [0, 0.1) is 12.7 Å². The second-order valence-corrected chi connectivity index (χ2v) is 7.28. The molecular formula is C18H22BrFN4O. The van der Waals surface area contributed by atoms with Crippen molar-refractivity contribution >= 4 is 21.8 Å². The lowest BCUT2D eigenvalue weighted by atomic mass is 10.2. The fourth-order valence-electron chi connectivity index (χ4n) is 3.18. The van der Waals surface area contributed by atoms with Gasteiger partial charge in [0.1, 0.15) is 11.9 Å². The van der Waals surface area contributed by atoms with Gasteiger partial charge in [-0.05, 0) is 47.5 Å². The number of rotatable bonds is 4. The minimum absolute atomic E-state index is 0.0871. The third-order valence-corrected chi connectivity index (χ3v) is 5.47. The van der Waals surface area contributed by atoms with E-state index in [1.165, 1.54) is 6.07 Å². The maximum Gasteiger partial charge on any atom is 0.247 e. The van der Waals surface area contributed by atoms with Crippen LogP contribution in [0.4, 0.5) is 4.39 Å². The summed E-state index contributed by atoms with van der Waals surface area (Å²) < 4.78 is 16.0. The Labute approximate surface area is 155 Å². The zero-order chi connectivity index (χ0) is 18.0. The molecule has 1 aromatic heterocycles. The molecule has 0 radical (unpaired) electrons. The number of piperazine rings is 1. The zero-order valence-corrected chi connectivity index (χ0v) is 16.0. The number of hydrogen-bond acceptors (Lipinski definition) is 3. The van der Waals surface area contributed by atoms with Crippen LogP contribution in [0.1, 0.15) is 24.2 Å². The Morgan fingerprint density at radius 3 is 2.64 bits per heavy atom. The van der Waals surface area contributed by atoms with Crippen molar-refractivity contribution in [3.8, 4) is 0 Å². The molecule has 1 aliphatic heterocycles. The summed E-state index contributed by atoms with van der Waals surface area (Å²) in [6, 6.07) is 6.37. The first-order valence-electron chi connectivity index (χ1n) is 8.41. The van der Waals surface area contributed by atoms with Crippen LogP contribution >= 0.6 is 15.9 Å². The van der Waals surface area contributed by atoms with Crippen molar-refractivity contribution in [2.24, 2.45) is 0 Å². The van der Waals surface area contributed by atoms with Crippen LogP contribution in [0.5, 0.6) is 0 Å². The molecular weight excluding hydrogens is 387 g/mol. The molecule has 1 unspecified atom stereocenters. The summed E-state index contributed by atoms with van der Waals surface area (Å²) in [5.74, 6) is -0.120. The average molecular weight is 409 g/mol. The highest BCUT2D eigenvalue weighted by Crippen LogP contribution is 2.20. The second-order valence-electron chi connectivity index (χ2n) is 6.43. The van der Waals surface area contributed by atoms with E-state index in [1.807, 2.05) is 24.8 Å². The quantitative estimate of drug-likeness (QED) is 0.780. The van der Waals surface area contributed by atoms with Crippen LogP contribution in [0.25, 0.3) is 0 Å². The molecule has 0 spiro atoms. The molecule has 0 aliphatic carbocycles. The summed E-state index contributed by atoms with van der Waals surface area (Å²) in [5.41, 5.74) is 1.91. The lowest BCUT2D eigenvalue weighted by Crippen LogP contribution is -2.50. The Balaban J connectivity index is 1.56. The summed E-state index contributed by atoms with van der Waals surface area (Å²) >= 11 is 3.43. The van der Waals surface area contributed by atoms with Gasteiger partial charge >= 0.3 is 0 Å². The number of amides is 1. The Kier molecular flexibility index (Phi) is 5.54. The molecule has 0 saturated carbocycles. The molecule has 1 fully saturated rings. The standard InChI is InChI=1S/C18H22BrFN4O/c1-13-17(19)11-21-24(13)14(2)18(25)23-8-6-22(7-9-23)12-15-4-3-5-16(20)10-15/h3-5,10-11,14H,6-9,12H2,1-2H3. The summed E-state index contributed by atoms with van der Waals surface area (Å²) in [6.45, 7) is 7.47. The van der Waals surface area contributed by atoms with Crippen molar-refractivity contribution in [3.63, 3.8) is 0 Å². The summed E-state index contributed by atoms with van der Waals surface area (Å²) in [4.78, 5) is 16.9. The van der Waals surface area contributed by atoms with E-state index in [9.17, 15) is 9.18 Å². The van der Waals surface area contributed by atoms with E-state index >= 15 is 0 Å².